The molecule has 10 rings (SSSR count). The molecular formula is C44H30O14. The molecule has 0 amide bonds. The number of carbonyl (C=O) groups excluding carboxylic acids is 2. The van der Waals surface area contributed by atoms with Gasteiger partial charge >= 0.3 is 23.9 Å². The minimum atomic E-state index is -1.17. The maximum absolute atomic E-state index is 12.5. The van der Waals surface area contributed by atoms with Gasteiger partial charge in [0.05, 0.1) is 24.0 Å². The monoisotopic (exact) mass is 782 g/mol. The van der Waals surface area contributed by atoms with Crippen LogP contribution in [-0.4, -0.2) is 54.5 Å². The molecule has 0 radical (unpaired) electrons. The predicted molar refractivity (Wildman–Crippen MR) is 201 cm³/mol. The Kier molecular flexibility index (Phi) is 8.88. The van der Waals surface area contributed by atoms with E-state index in [0.29, 0.717) is 67.5 Å². The second-order valence-corrected chi connectivity index (χ2v) is 13.4. The number of rotatable bonds is 3. The van der Waals surface area contributed by atoms with Crippen molar-refractivity contribution in [2.45, 2.75) is 24.0 Å². The van der Waals surface area contributed by atoms with Gasteiger partial charge in [-0.25, -0.2) is 9.59 Å². The molecule has 6 N–H and O–H groups in total. The highest BCUT2D eigenvalue weighted by atomic mass is 16.6. The molecule has 58 heavy (non-hydrogen) atoms. The van der Waals surface area contributed by atoms with Gasteiger partial charge in [-0.3, -0.25) is 9.59 Å². The number of aliphatic carboxylic acids is 2. The van der Waals surface area contributed by atoms with Gasteiger partial charge in [0, 0.05) is 57.6 Å². The first-order chi connectivity index (χ1) is 27.8. The summed E-state index contributed by atoms with van der Waals surface area (Å²) in [6.07, 6.45) is -0.593. The van der Waals surface area contributed by atoms with E-state index in [0.717, 1.165) is 0 Å². The summed E-state index contributed by atoms with van der Waals surface area (Å²) >= 11 is 0. The normalized spacial score (nSPS) is 14.8. The zero-order valence-corrected chi connectivity index (χ0v) is 29.9. The number of carbonyl (C=O) groups is 4. The molecule has 0 saturated carbocycles. The number of esters is 2. The van der Waals surface area contributed by atoms with Crippen LogP contribution in [-0.2, 0) is 30.3 Å². The Morgan fingerprint density at radius 1 is 0.431 bits per heavy atom. The van der Waals surface area contributed by atoms with E-state index >= 15 is 0 Å². The predicted octanol–water partition coefficient (Wildman–Crippen LogP) is 7.27. The van der Waals surface area contributed by atoms with Crippen LogP contribution in [0.25, 0.3) is 0 Å². The maximum Gasteiger partial charge on any atom is 0.340 e. The van der Waals surface area contributed by atoms with Crippen LogP contribution in [0.2, 0.25) is 0 Å². The summed E-state index contributed by atoms with van der Waals surface area (Å²) in [6, 6.07) is 33.2. The number of hydrogen-bond donors (Lipinski definition) is 6. The van der Waals surface area contributed by atoms with E-state index < -0.39 is 35.1 Å². The number of hydrogen-bond acceptors (Lipinski definition) is 12. The van der Waals surface area contributed by atoms with E-state index in [9.17, 15) is 39.6 Å². The fourth-order valence-corrected chi connectivity index (χ4v) is 7.52. The molecule has 14 heteroatoms. The molecule has 0 saturated heterocycles. The average Bonchev–Trinajstić information content (AvgIpc) is 3.65. The number of carboxylic acids is 2. The summed E-state index contributed by atoms with van der Waals surface area (Å²) in [7, 11) is 0. The van der Waals surface area contributed by atoms with Crippen LogP contribution >= 0.6 is 0 Å². The van der Waals surface area contributed by atoms with Gasteiger partial charge in [0.2, 0.25) is 0 Å². The topological polar surface area (TPSA) is 227 Å². The number of carboxylic acid groups (broad SMARTS) is 2. The van der Waals surface area contributed by atoms with Gasteiger partial charge in [0.15, 0.2) is 11.2 Å². The smallest absolute Gasteiger partial charge is 0.340 e. The zero-order valence-electron chi connectivity index (χ0n) is 29.9. The SMILES string of the molecule is O=C(O)CCC(=O)O.O=C1OC2(c3ccc(O)cc3Oc3cc(O)ccc32)c2ccccc21.O=C1OC2(c3ccc(O)cc3Oc3cc(O)ccc32)c2ccccc21. The lowest BCUT2D eigenvalue weighted by Crippen LogP contribution is -2.32. The molecule has 0 aliphatic carbocycles. The van der Waals surface area contributed by atoms with Crippen LogP contribution in [0.1, 0.15) is 66.9 Å². The Hall–Kier alpha value is -8.00. The van der Waals surface area contributed by atoms with Gasteiger partial charge in [-0.15, -0.1) is 0 Å². The van der Waals surface area contributed by atoms with E-state index in [1.807, 2.05) is 24.3 Å². The first-order valence-electron chi connectivity index (χ1n) is 17.6. The molecule has 6 aromatic carbocycles. The Labute approximate surface area is 327 Å². The minimum absolute atomic E-state index is 0.0371. The van der Waals surface area contributed by atoms with Gasteiger partial charge in [-0.1, -0.05) is 36.4 Å². The van der Waals surface area contributed by atoms with E-state index in [1.54, 1.807) is 48.5 Å². The van der Waals surface area contributed by atoms with Crippen molar-refractivity contribution in [1.82, 2.24) is 0 Å². The average molecular weight is 783 g/mol. The molecule has 0 bridgehead atoms. The molecule has 0 unspecified atom stereocenters. The largest absolute Gasteiger partial charge is 0.508 e. The van der Waals surface area contributed by atoms with Crippen molar-refractivity contribution in [2.24, 2.45) is 0 Å². The Balaban J connectivity index is 0.000000137. The van der Waals surface area contributed by atoms with Crippen LogP contribution in [0.15, 0.2) is 121 Å². The minimum Gasteiger partial charge on any atom is -0.508 e. The van der Waals surface area contributed by atoms with Crippen LogP contribution < -0.4 is 9.47 Å². The van der Waals surface area contributed by atoms with Gasteiger partial charge < -0.3 is 49.6 Å². The highest BCUT2D eigenvalue weighted by molar-refractivity contribution is 5.98. The molecule has 4 aliphatic rings. The summed E-state index contributed by atoms with van der Waals surface area (Å²) in [6.45, 7) is 0. The lowest BCUT2D eigenvalue weighted by Gasteiger charge is -2.36. The van der Waals surface area contributed by atoms with Crippen LogP contribution in [0.5, 0.6) is 46.0 Å². The van der Waals surface area contributed by atoms with Gasteiger partial charge in [-0.05, 0) is 60.7 Å². The first-order valence-corrected chi connectivity index (χ1v) is 17.6. The highest BCUT2D eigenvalue weighted by Gasteiger charge is 2.55. The van der Waals surface area contributed by atoms with Crippen LogP contribution in [0.4, 0.5) is 0 Å². The van der Waals surface area contributed by atoms with Crippen LogP contribution in [0, 0.1) is 0 Å². The van der Waals surface area contributed by atoms with Gasteiger partial charge in [-0.2, -0.15) is 0 Å². The Morgan fingerprint density at radius 2 is 0.724 bits per heavy atom. The highest BCUT2D eigenvalue weighted by Crippen LogP contribution is 2.58. The van der Waals surface area contributed by atoms with E-state index in [-0.39, 0.29) is 35.8 Å². The van der Waals surface area contributed by atoms with E-state index in [1.165, 1.54) is 48.5 Å². The molecule has 0 aromatic heterocycles. The lowest BCUT2D eigenvalue weighted by atomic mass is 9.77. The molecule has 290 valence electrons. The quantitative estimate of drug-likeness (QED) is 0.0971. The maximum atomic E-state index is 12.5. The molecule has 14 nitrogen and oxygen atoms in total. The van der Waals surface area contributed by atoms with Crippen molar-refractivity contribution < 1.29 is 68.8 Å². The summed E-state index contributed by atoms with van der Waals surface area (Å²) < 4.78 is 23.6. The molecule has 0 atom stereocenters. The summed E-state index contributed by atoms with van der Waals surface area (Å²) in [4.78, 5) is 44.3. The van der Waals surface area contributed by atoms with Crippen molar-refractivity contribution in [3.63, 3.8) is 0 Å². The van der Waals surface area contributed by atoms with E-state index in [2.05, 4.69) is 0 Å². The standard InChI is InChI=1S/2C20H12O5.C4H6O4/c2*21-11-5-7-15-17(9-11)24-18-10-12(22)6-8-16(18)20(15)14-4-2-1-3-13(14)19(23)25-20;5-3(6)1-2-4(7)8/h2*1-10,21-22H;1-2H2,(H,5,6)(H,7,8). The summed E-state index contributed by atoms with van der Waals surface area (Å²) in [5.41, 5.74) is 2.57. The molecule has 6 aromatic rings. The van der Waals surface area contributed by atoms with Gasteiger partial charge in [0.25, 0.3) is 0 Å². The molecule has 0 fully saturated rings. The number of benzene rings is 6. The third-order valence-corrected chi connectivity index (χ3v) is 9.91. The third-order valence-electron chi connectivity index (χ3n) is 9.91. The Morgan fingerprint density at radius 3 is 1.02 bits per heavy atom. The van der Waals surface area contributed by atoms with Crippen LogP contribution in [0.3, 0.4) is 0 Å². The lowest BCUT2D eigenvalue weighted by molar-refractivity contribution is -0.143. The number of aromatic hydroxyl groups is 4. The van der Waals surface area contributed by atoms with Crippen molar-refractivity contribution >= 4 is 23.9 Å². The molecular weight excluding hydrogens is 752 g/mol. The van der Waals surface area contributed by atoms with Crippen molar-refractivity contribution in [3.05, 3.63) is 166 Å². The second-order valence-electron chi connectivity index (χ2n) is 13.4. The Bertz CT molecular complexity index is 2410. The number of fused-ring (bicyclic) bond motifs is 12. The fraction of sp³-hybridized carbons (Fsp3) is 0.0909. The summed E-state index contributed by atoms with van der Waals surface area (Å²) in [5, 5.41) is 55.1. The van der Waals surface area contributed by atoms with Crippen molar-refractivity contribution in [3.8, 4) is 46.0 Å². The zero-order chi connectivity index (χ0) is 40.9. The van der Waals surface area contributed by atoms with Gasteiger partial charge in [0.1, 0.15) is 46.0 Å². The number of phenols is 4. The molecule has 2 spiro atoms. The number of phenolic OH excluding ortho intramolecular Hbond substituents is 4. The molecule has 4 aliphatic heterocycles. The van der Waals surface area contributed by atoms with Crippen molar-refractivity contribution in [1.29, 1.82) is 0 Å². The number of ether oxygens (including phenoxy) is 4. The third kappa shape index (κ3) is 5.99. The molecule has 4 heterocycles. The van der Waals surface area contributed by atoms with Crippen molar-refractivity contribution in [2.75, 3.05) is 0 Å². The fourth-order valence-electron chi connectivity index (χ4n) is 7.52. The first kappa shape index (κ1) is 36.9. The second kappa shape index (κ2) is 13.9. The summed E-state index contributed by atoms with van der Waals surface area (Å²) in [5.74, 6) is -1.34. The van der Waals surface area contributed by atoms with E-state index in [4.69, 9.17) is 29.2 Å².